The summed E-state index contributed by atoms with van der Waals surface area (Å²) in [6.45, 7) is 1.38. The highest BCUT2D eigenvalue weighted by Crippen LogP contribution is 2.30. The molecule has 0 spiro atoms. The second-order valence-corrected chi connectivity index (χ2v) is 6.66. The molecule has 0 aromatic heterocycles. The molecule has 1 aliphatic rings. The van der Waals surface area contributed by atoms with Gasteiger partial charge in [-0.15, -0.1) is 0 Å². The number of halogens is 1. The molecule has 1 fully saturated rings. The first-order chi connectivity index (χ1) is 12.8. The number of benzene rings is 2. The SMILES string of the molecule is CN(Cc1ccccc1)C(=O)CN1C(=O)N[C@@](C)(c2ccccc2F)C1=O. The van der Waals surface area contributed by atoms with Gasteiger partial charge in [0.2, 0.25) is 5.91 Å². The van der Waals surface area contributed by atoms with Gasteiger partial charge in [-0.05, 0) is 18.6 Å². The largest absolute Gasteiger partial charge is 0.340 e. The van der Waals surface area contributed by atoms with Gasteiger partial charge < -0.3 is 10.2 Å². The van der Waals surface area contributed by atoms with Crippen molar-refractivity contribution in [1.82, 2.24) is 15.1 Å². The summed E-state index contributed by atoms with van der Waals surface area (Å²) in [6, 6.07) is 14.4. The van der Waals surface area contributed by atoms with E-state index in [4.69, 9.17) is 0 Å². The first-order valence-corrected chi connectivity index (χ1v) is 8.50. The van der Waals surface area contributed by atoms with Crippen LogP contribution in [0.15, 0.2) is 54.6 Å². The van der Waals surface area contributed by atoms with Crippen molar-refractivity contribution >= 4 is 17.8 Å². The molecule has 6 nitrogen and oxygen atoms in total. The van der Waals surface area contributed by atoms with E-state index in [0.717, 1.165) is 10.5 Å². The second-order valence-electron chi connectivity index (χ2n) is 6.66. The molecule has 0 saturated carbocycles. The van der Waals surface area contributed by atoms with E-state index in [1.165, 1.54) is 30.0 Å². The molecule has 1 heterocycles. The number of hydrogen-bond acceptors (Lipinski definition) is 3. The third kappa shape index (κ3) is 3.53. The highest BCUT2D eigenvalue weighted by atomic mass is 19.1. The molecule has 4 amide bonds. The minimum Gasteiger partial charge on any atom is -0.340 e. The van der Waals surface area contributed by atoms with Gasteiger partial charge in [0.25, 0.3) is 5.91 Å². The van der Waals surface area contributed by atoms with Crippen LogP contribution in [0.5, 0.6) is 0 Å². The van der Waals surface area contributed by atoms with Crippen LogP contribution >= 0.6 is 0 Å². The lowest BCUT2D eigenvalue weighted by Crippen LogP contribution is -2.44. The minimum absolute atomic E-state index is 0.0657. The molecule has 27 heavy (non-hydrogen) atoms. The van der Waals surface area contributed by atoms with E-state index in [1.54, 1.807) is 13.1 Å². The van der Waals surface area contributed by atoms with Gasteiger partial charge in [-0.2, -0.15) is 0 Å². The quantitative estimate of drug-likeness (QED) is 0.822. The normalized spacial score (nSPS) is 19.1. The standard InChI is InChI=1S/C20H20FN3O3/c1-20(15-10-6-7-11-16(15)21)18(26)24(19(27)22-20)13-17(25)23(2)12-14-8-4-3-5-9-14/h3-11H,12-13H2,1-2H3,(H,22,27)/t20-/m0/s1. The Morgan fingerprint density at radius 2 is 1.74 bits per heavy atom. The average Bonchev–Trinajstić information content (AvgIpc) is 2.86. The van der Waals surface area contributed by atoms with Crippen LogP contribution in [0, 0.1) is 5.82 Å². The lowest BCUT2D eigenvalue weighted by molar-refractivity contribution is -0.138. The van der Waals surface area contributed by atoms with Gasteiger partial charge >= 0.3 is 6.03 Å². The lowest BCUT2D eigenvalue weighted by atomic mass is 9.91. The predicted molar refractivity (Wildman–Crippen MR) is 96.9 cm³/mol. The van der Waals surface area contributed by atoms with E-state index >= 15 is 0 Å². The van der Waals surface area contributed by atoms with Crippen LogP contribution in [-0.2, 0) is 21.7 Å². The number of likely N-dealkylation sites (N-methyl/N-ethyl adjacent to an activating group) is 1. The molecule has 1 N–H and O–H groups in total. The molecule has 1 atom stereocenters. The van der Waals surface area contributed by atoms with E-state index in [0.29, 0.717) is 6.54 Å². The van der Waals surface area contributed by atoms with E-state index in [9.17, 15) is 18.8 Å². The van der Waals surface area contributed by atoms with Gasteiger partial charge in [0.05, 0.1) is 0 Å². The molecule has 2 aromatic carbocycles. The van der Waals surface area contributed by atoms with Crippen molar-refractivity contribution in [1.29, 1.82) is 0 Å². The third-order valence-electron chi connectivity index (χ3n) is 4.67. The Morgan fingerprint density at radius 3 is 2.41 bits per heavy atom. The van der Waals surface area contributed by atoms with E-state index in [-0.39, 0.29) is 11.5 Å². The highest BCUT2D eigenvalue weighted by Gasteiger charge is 2.50. The smallest absolute Gasteiger partial charge is 0.325 e. The van der Waals surface area contributed by atoms with Crippen LogP contribution in [0.3, 0.4) is 0 Å². The number of urea groups is 1. The molecule has 2 aromatic rings. The van der Waals surface area contributed by atoms with Crippen LogP contribution in [0.25, 0.3) is 0 Å². The van der Waals surface area contributed by atoms with E-state index in [2.05, 4.69) is 5.32 Å². The second kappa shape index (κ2) is 7.19. The molecule has 1 aliphatic heterocycles. The topological polar surface area (TPSA) is 69.7 Å². The summed E-state index contributed by atoms with van der Waals surface area (Å²) < 4.78 is 14.2. The Bertz CT molecular complexity index is 887. The Labute approximate surface area is 156 Å². The fourth-order valence-electron chi connectivity index (χ4n) is 3.09. The molecule has 0 aliphatic carbocycles. The molecule has 7 heteroatoms. The third-order valence-corrected chi connectivity index (χ3v) is 4.67. The fourth-order valence-corrected chi connectivity index (χ4v) is 3.09. The summed E-state index contributed by atoms with van der Waals surface area (Å²) in [4.78, 5) is 39.9. The van der Waals surface area contributed by atoms with Crippen molar-refractivity contribution in [3.8, 4) is 0 Å². The predicted octanol–water partition coefficient (Wildman–Crippen LogP) is 2.25. The number of imide groups is 1. The Morgan fingerprint density at radius 1 is 1.11 bits per heavy atom. The van der Waals surface area contributed by atoms with Crippen molar-refractivity contribution in [2.45, 2.75) is 19.0 Å². The first kappa shape index (κ1) is 18.6. The molecule has 140 valence electrons. The van der Waals surface area contributed by atoms with Crippen molar-refractivity contribution < 1.29 is 18.8 Å². The van der Waals surface area contributed by atoms with Gasteiger partial charge in [0, 0.05) is 19.2 Å². The number of hydrogen-bond donors (Lipinski definition) is 1. The maximum Gasteiger partial charge on any atom is 0.325 e. The van der Waals surface area contributed by atoms with Gasteiger partial charge in [-0.1, -0.05) is 48.5 Å². The van der Waals surface area contributed by atoms with Crippen molar-refractivity contribution in [3.63, 3.8) is 0 Å². The Balaban J connectivity index is 1.74. The number of amides is 4. The van der Waals surface area contributed by atoms with Crippen LogP contribution in [0.2, 0.25) is 0 Å². The molecule has 0 bridgehead atoms. The Hall–Kier alpha value is -3.22. The first-order valence-electron chi connectivity index (χ1n) is 8.50. The van der Waals surface area contributed by atoms with Crippen LogP contribution in [-0.4, -0.2) is 41.2 Å². The van der Waals surface area contributed by atoms with Crippen molar-refractivity contribution in [2.75, 3.05) is 13.6 Å². The number of carbonyl (C=O) groups is 3. The monoisotopic (exact) mass is 369 g/mol. The summed E-state index contributed by atoms with van der Waals surface area (Å²) in [6.07, 6.45) is 0. The zero-order valence-corrected chi connectivity index (χ0v) is 15.1. The zero-order chi connectivity index (χ0) is 19.6. The molecule has 1 saturated heterocycles. The lowest BCUT2D eigenvalue weighted by Gasteiger charge is -2.23. The van der Waals surface area contributed by atoms with Crippen LogP contribution < -0.4 is 5.32 Å². The van der Waals surface area contributed by atoms with Gasteiger partial charge in [-0.25, -0.2) is 9.18 Å². The maximum atomic E-state index is 14.2. The van der Waals surface area contributed by atoms with Gasteiger partial charge in [0.15, 0.2) is 0 Å². The van der Waals surface area contributed by atoms with Gasteiger partial charge in [0.1, 0.15) is 17.9 Å². The van der Waals surface area contributed by atoms with Crippen LogP contribution in [0.1, 0.15) is 18.1 Å². The average molecular weight is 369 g/mol. The molecular weight excluding hydrogens is 349 g/mol. The minimum atomic E-state index is -1.54. The van der Waals surface area contributed by atoms with Crippen LogP contribution in [0.4, 0.5) is 9.18 Å². The van der Waals surface area contributed by atoms with E-state index < -0.39 is 29.8 Å². The maximum absolute atomic E-state index is 14.2. The summed E-state index contributed by atoms with van der Waals surface area (Å²) in [5.74, 6) is -1.64. The van der Waals surface area contributed by atoms with Crippen molar-refractivity contribution in [3.05, 3.63) is 71.5 Å². The number of rotatable bonds is 5. The number of nitrogens with zero attached hydrogens (tertiary/aromatic N) is 2. The fraction of sp³-hybridized carbons (Fsp3) is 0.250. The number of nitrogens with one attached hydrogen (secondary N) is 1. The highest BCUT2D eigenvalue weighted by molar-refractivity contribution is 6.09. The molecule has 3 rings (SSSR count). The number of carbonyl (C=O) groups excluding carboxylic acids is 3. The Kier molecular flexibility index (Phi) is 4.94. The summed E-state index contributed by atoms with van der Waals surface area (Å²) in [5, 5.41) is 2.51. The summed E-state index contributed by atoms with van der Waals surface area (Å²) >= 11 is 0. The van der Waals surface area contributed by atoms with Gasteiger partial charge in [-0.3, -0.25) is 14.5 Å². The summed E-state index contributed by atoms with van der Waals surface area (Å²) in [7, 11) is 1.60. The molecule has 0 unspecified atom stereocenters. The molecular formula is C20H20FN3O3. The molecule has 0 radical (unpaired) electrons. The van der Waals surface area contributed by atoms with Crippen molar-refractivity contribution in [2.24, 2.45) is 0 Å². The van der Waals surface area contributed by atoms with E-state index in [1.807, 2.05) is 30.3 Å². The zero-order valence-electron chi connectivity index (χ0n) is 15.1. The summed E-state index contributed by atoms with van der Waals surface area (Å²) in [5.41, 5.74) is -0.543.